The smallest absolute Gasteiger partial charge is 0.241 e. The first kappa shape index (κ1) is 17.8. The third-order valence-electron chi connectivity index (χ3n) is 3.25. The number of rotatable bonds is 6. The molecule has 1 fully saturated rings. The van der Waals surface area contributed by atoms with E-state index < -0.39 is 6.04 Å². The van der Waals surface area contributed by atoms with Gasteiger partial charge in [0, 0.05) is 12.1 Å². The highest BCUT2D eigenvalue weighted by molar-refractivity contribution is 5.94. The Labute approximate surface area is 131 Å². The van der Waals surface area contributed by atoms with Gasteiger partial charge < -0.3 is 20.5 Å². The number of anilines is 1. The molecule has 1 amide bonds. The summed E-state index contributed by atoms with van der Waals surface area (Å²) in [7, 11) is 0. The average Bonchev–Trinajstić information content (AvgIpc) is 2.94. The van der Waals surface area contributed by atoms with Crippen LogP contribution >= 0.6 is 12.4 Å². The molecule has 0 spiro atoms. The van der Waals surface area contributed by atoms with Crippen LogP contribution < -0.4 is 15.8 Å². The fraction of sp³-hybridized carbons (Fsp3) is 0.533. The van der Waals surface area contributed by atoms with Gasteiger partial charge in [0.05, 0.1) is 19.3 Å². The Balaban J connectivity index is 0.00000220. The van der Waals surface area contributed by atoms with Gasteiger partial charge in [-0.25, -0.2) is 0 Å². The summed E-state index contributed by atoms with van der Waals surface area (Å²) in [6.45, 7) is 3.41. The van der Waals surface area contributed by atoms with Crippen molar-refractivity contribution in [2.45, 2.75) is 38.3 Å². The number of carbonyl (C=O) groups excluding carboxylic acids is 1. The lowest BCUT2D eigenvalue weighted by atomic mass is 10.1. The number of ether oxygens (including phenoxy) is 2. The summed E-state index contributed by atoms with van der Waals surface area (Å²) in [5.74, 6) is 0.640. The van der Waals surface area contributed by atoms with E-state index in [0.717, 1.165) is 30.9 Å². The Morgan fingerprint density at radius 1 is 1.48 bits per heavy atom. The molecule has 1 heterocycles. The molecule has 5 nitrogen and oxygen atoms in total. The van der Waals surface area contributed by atoms with Gasteiger partial charge in [0.25, 0.3) is 0 Å². The van der Waals surface area contributed by atoms with Gasteiger partial charge in [-0.2, -0.15) is 0 Å². The van der Waals surface area contributed by atoms with Gasteiger partial charge in [-0.05, 0) is 30.7 Å². The molecule has 0 saturated carbocycles. The molecule has 0 aromatic heterocycles. The van der Waals surface area contributed by atoms with Crippen molar-refractivity contribution < 1.29 is 14.3 Å². The van der Waals surface area contributed by atoms with Crippen molar-refractivity contribution in [1.82, 2.24) is 0 Å². The normalized spacial score (nSPS) is 18.7. The van der Waals surface area contributed by atoms with Crippen molar-refractivity contribution in [3.8, 4) is 5.75 Å². The van der Waals surface area contributed by atoms with Gasteiger partial charge in [-0.3, -0.25) is 4.79 Å². The molecule has 0 bridgehead atoms. The average molecular weight is 315 g/mol. The number of carbonyl (C=O) groups is 1. The number of halogens is 1. The number of hydrogen-bond acceptors (Lipinski definition) is 4. The second-order valence-corrected chi connectivity index (χ2v) is 5.01. The Morgan fingerprint density at radius 2 is 2.19 bits per heavy atom. The van der Waals surface area contributed by atoms with Gasteiger partial charge in [0.15, 0.2) is 0 Å². The van der Waals surface area contributed by atoms with Crippen LogP contribution in [0.15, 0.2) is 24.3 Å². The first-order chi connectivity index (χ1) is 9.69. The number of nitrogens with two attached hydrogens (primary N) is 1. The molecule has 1 saturated heterocycles. The molecule has 2 atom stereocenters. The van der Waals surface area contributed by atoms with E-state index in [-0.39, 0.29) is 24.4 Å². The second kappa shape index (κ2) is 8.87. The van der Waals surface area contributed by atoms with E-state index in [4.69, 9.17) is 15.2 Å². The zero-order valence-corrected chi connectivity index (χ0v) is 13.0. The second-order valence-electron chi connectivity index (χ2n) is 5.01. The highest BCUT2D eigenvalue weighted by atomic mass is 35.5. The van der Waals surface area contributed by atoms with Crippen LogP contribution in [0.1, 0.15) is 26.2 Å². The first-order valence-electron chi connectivity index (χ1n) is 7.10. The number of benzene rings is 1. The number of hydrogen-bond donors (Lipinski definition) is 2. The monoisotopic (exact) mass is 314 g/mol. The van der Waals surface area contributed by atoms with Crippen molar-refractivity contribution in [2.24, 2.45) is 5.73 Å². The number of amides is 1. The van der Waals surface area contributed by atoms with Gasteiger partial charge in [0.2, 0.25) is 5.91 Å². The minimum Gasteiger partial charge on any atom is -0.488 e. The highest BCUT2D eigenvalue weighted by Crippen LogP contribution is 2.19. The molecule has 118 valence electrons. The molecule has 0 aliphatic carbocycles. The predicted molar refractivity (Wildman–Crippen MR) is 85.1 cm³/mol. The molecule has 0 radical (unpaired) electrons. The van der Waals surface area contributed by atoms with Gasteiger partial charge in [-0.1, -0.05) is 13.3 Å². The largest absolute Gasteiger partial charge is 0.488 e. The maximum absolute atomic E-state index is 11.8. The van der Waals surface area contributed by atoms with Crippen LogP contribution in [0.3, 0.4) is 0 Å². The van der Waals surface area contributed by atoms with E-state index in [9.17, 15) is 4.79 Å². The van der Waals surface area contributed by atoms with Crippen molar-refractivity contribution in [3.63, 3.8) is 0 Å². The van der Waals surface area contributed by atoms with E-state index in [1.54, 1.807) is 0 Å². The summed E-state index contributed by atoms with van der Waals surface area (Å²) in [6.07, 6.45) is 2.64. The van der Waals surface area contributed by atoms with Gasteiger partial charge in [-0.15, -0.1) is 12.4 Å². The summed E-state index contributed by atoms with van der Waals surface area (Å²) in [6, 6.07) is 6.88. The number of nitrogens with one attached hydrogen (secondary N) is 1. The van der Waals surface area contributed by atoms with Crippen LogP contribution in [0.4, 0.5) is 5.69 Å². The van der Waals surface area contributed by atoms with Crippen molar-refractivity contribution in [2.75, 3.05) is 18.5 Å². The summed E-state index contributed by atoms with van der Waals surface area (Å²) in [4.78, 5) is 11.8. The Bertz CT molecular complexity index is 433. The molecular weight excluding hydrogens is 292 g/mol. The molecule has 21 heavy (non-hydrogen) atoms. The molecule has 1 aliphatic rings. The first-order valence-corrected chi connectivity index (χ1v) is 7.10. The zero-order chi connectivity index (χ0) is 14.4. The zero-order valence-electron chi connectivity index (χ0n) is 12.2. The van der Waals surface area contributed by atoms with Crippen LogP contribution in [-0.4, -0.2) is 31.3 Å². The summed E-state index contributed by atoms with van der Waals surface area (Å²) in [5.41, 5.74) is 6.50. The van der Waals surface area contributed by atoms with Crippen LogP contribution in [-0.2, 0) is 9.53 Å². The van der Waals surface area contributed by atoms with Crippen LogP contribution in [0.2, 0.25) is 0 Å². The molecule has 1 aromatic rings. The fourth-order valence-corrected chi connectivity index (χ4v) is 2.09. The summed E-state index contributed by atoms with van der Waals surface area (Å²) >= 11 is 0. The lowest BCUT2D eigenvalue weighted by Gasteiger charge is -2.13. The van der Waals surface area contributed by atoms with E-state index in [1.807, 2.05) is 31.2 Å². The van der Waals surface area contributed by atoms with Gasteiger partial charge in [0.1, 0.15) is 11.9 Å². The minimum atomic E-state index is -0.452. The van der Waals surface area contributed by atoms with Crippen molar-refractivity contribution in [3.05, 3.63) is 24.3 Å². The minimum absolute atomic E-state index is 0. The fourth-order valence-electron chi connectivity index (χ4n) is 2.09. The maximum atomic E-state index is 11.8. The Morgan fingerprint density at radius 3 is 2.76 bits per heavy atom. The van der Waals surface area contributed by atoms with Crippen LogP contribution in [0.5, 0.6) is 5.75 Å². The topological polar surface area (TPSA) is 73.6 Å². The molecule has 1 aliphatic heterocycles. The third kappa shape index (κ3) is 5.53. The molecule has 3 N–H and O–H groups in total. The highest BCUT2D eigenvalue weighted by Gasteiger charge is 2.17. The molecule has 6 heteroatoms. The quantitative estimate of drug-likeness (QED) is 0.845. The maximum Gasteiger partial charge on any atom is 0.241 e. The van der Waals surface area contributed by atoms with E-state index in [1.165, 1.54) is 0 Å². The summed E-state index contributed by atoms with van der Waals surface area (Å²) in [5, 5.41) is 2.80. The van der Waals surface area contributed by atoms with Crippen LogP contribution in [0.25, 0.3) is 0 Å². The van der Waals surface area contributed by atoms with E-state index in [0.29, 0.717) is 13.0 Å². The Kier molecular flexibility index (Phi) is 7.50. The molecule has 2 rings (SSSR count). The van der Waals surface area contributed by atoms with Crippen molar-refractivity contribution >= 4 is 24.0 Å². The predicted octanol–water partition coefficient (Wildman–Crippen LogP) is 2.34. The Hall–Kier alpha value is -1.30. The molecule has 1 aromatic carbocycles. The van der Waals surface area contributed by atoms with Crippen molar-refractivity contribution in [1.29, 1.82) is 0 Å². The lowest BCUT2D eigenvalue weighted by molar-refractivity contribution is -0.117. The standard InChI is InChI=1S/C15H22N2O3.ClH/c1-2-3-14(16)15(18)17-11-4-6-12(7-5-11)20-13-8-9-19-10-13;/h4-7,13-14H,2-3,8-10,16H2,1H3,(H,17,18);1H. The lowest BCUT2D eigenvalue weighted by Crippen LogP contribution is -2.35. The third-order valence-corrected chi connectivity index (χ3v) is 3.25. The van der Waals surface area contributed by atoms with E-state index in [2.05, 4.69) is 5.32 Å². The summed E-state index contributed by atoms with van der Waals surface area (Å²) < 4.78 is 11.0. The molecule has 2 unspecified atom stereocenters. The molecular formula is C15H23ClN2O3. The van der Waals surface area contributed by atoms with Gasteiger partial charge >= 0.3 is 0 Å². The van der Waals surface area contributed by atoms with E-state index >= 15 is 0 Å². The SMILES string of the molecule is CCCC(N)C(=O)Nc1ccc(OC2CCOC2)cc1.Cl. The van der Waals surface area contributed by atoms with Crippen LogP contribution in [0, 0.1) is 0 Å².